The molecule has 0 atom stereocenters. The average molecular weight is 413 g/mol. The summed E-state index contributed by atoms with van der Waals surface area (Å²) in [6.07, 6.45) is 1.45. The molecule has 0 spiro atoms. The molecule has 152 valence electrons. The van der Waals surface area contributed by atoms with Gasteiger partial charge in [0.05, 0.1) is 18.6 Å². The van der Waals surface area contributed by atoms with Crippen LogP contribution in [0, 0.1) is 5.82 Å². The summed E-state index contributed by atoms with van der Waals surface area (Å²) in [4.78, 5) is 10.5. The van der Waals surface area contributed by atoms with E-state index in [4.69, 9.17) is 19.4 Å². The Labute approximate surface area is 176 Å². The van der Waals surface area contributed by atoms with Crippen LogP contribution < -0.4 is 0 Å². The summed E-state index contributed by atoms with van der Waals surface area (Å²) in [6.45, 7) is 1.11. The quantitative estimate of drug-likeness (QED) is 0.431. The van der Waals surface area contributed by atoms with Crippen molar-refractivity contribution in [1.29, 1.82) is 0 Å². The Balaban J connectivity index is 1.54. The van der Waals surface area contributed by atoms with E-state index in [1.807, 2.05) is 36.4 Å². The van der Waals surface area contributed by atoms with Gasteiger partial charge in [-0.15, -0.1) is 0 Å². The lowest BCUT2D eigenvalue weighted by Gasteiger charge is -2.24. The van der Waals surface area contributed by atoms with E-state index in [1.165, 1.54) is 18.5 Å². The van der Waals surface area contributed by atoms with Crippen LogP contribution in [0.15, 0.2) is 71.4 Å². The maximum Gasteiger partial charge on any atom is 0.230 e. The average Bonchev–Trinajstić information content (AvgIpc) is 3.38. The maximum absolute atomic E-state index is 13.5. The molecule has 3 aromatic heterocycles. The van der Waals surface area contributed by atoms with E-state index in [9.17, 15) is 4.39 Å². The largest absolute Gasteiger partial charge is 0.438 e. The fraction of sp³-hybridized carbons (Fsp3) is 0.130. The van der Waals surface area contributed by atoms with E-state index >= 15 is 0 Å². The van der Waals surface area contributed by atoms with E-state index in [1.54, 1.807) is 16.9 Å². The molecule has 0 saturated carbocycles. The van der Waals surface area contributed by atoms with Gasteiger partial charge in [0.1, 0.15) is 41.0 Å². The van der Waals surface area contributed by atoms with Crippen LogP contribution in [0.2, 0.25) is 0 Å². The number of aromatic nitrogens is 5. The van der Waals surface area contributed by atoms with E-state index in [2.05, 4.69) is 9.97 Å². The van der Waals surface area contributed by atoms with Crippen LogP contribution >= 0.6 is 0 Å². The van der Waals surface area contributed by atoms with Gasteiger partial charge in [-0.3, -0.25) is 0 Å². The molecule has 0 N–H and O–H groups in total. The second kappa shape index (κ2) is 7.10. The van der Waals surface area contributed by atoms with Crippen molar-refractivity contribution < 1.29 is 13.5 Å². The summed E-state index contributed by atoms with van der Waals surface area (Å²) in [5.41, 5.74) is 3.99. The Morgan fingerprint density at radius 2 is 1.61 bits per heavy atom. The fourth-order valence-electron chi connectivity index (χ4n) is 3.59. The van der Waals surface area contributed by atoms with Crippen molar-refractivity contribution in [2.75, 3.05) is 13.2 Å². The summed E-state index contributed by atoms with van der Waals surface area (Å²) in [5, 5.41) is 10.2. The molecule has 0 aliphatic carbocycles. The van der Waals surface area contributed by atoms with E-state index < -0.39 is 0 Å². The lowest BCUT2D eigenvalue weighted by Crippen LogP contribution is -2.32. The summed E-state index contributed by atoms with van der Waals surface area (Å²) in [6, 6.07) is 18.0. The molecule has 0 radical (unpaired) electrons. The van der Waals surface area contributed by atoms with Crippen molar-refractivity contribution in [1.82, 2.24) is 25.0 Å². The Kier molecular flexibility index (Phi) is 4.10. The smallest absolute Gasteiger partial charge is 0.230 e. The highest BCUT2D eigenvalue weighted by atomic mass is 19.1. The van der Waals surface area contributed by atoms with E-state index in [-0.39, 0.29) is 11.9 Å². The third kappa shape index (κ3) is 3.08. The number of furan rings is 1. The molecule has 7 nitrogen and oxygen atoms in total. The first-order valence-corrected chi connectivity index (χ1v) is 9.87. The monoisotopic (exact) mass is 413 g/mol. The van der Waals surface area contributed by atoms with Crippen molar-refractivity contribution in [3.05, 3.63) is 72.8 Å². The topological polar surface area (TPSA) is 78.9 Å². The Morgan fingerprint density at radius 3 is 2.35 bits per heavy atom. The lowest BCUT2D eigenvalue weighted by molar-refractivity contribution is -0.0346. The van der Waals surface area contributed by atoms with Crippen LogP contribution in [0.25, 0.3) is 45.1 Å². The van der Waals surface area contributed by atoms with E-state index in [0.717, 1.165) is 16.5 Å². The van der Waals surface area contributed by atoms with Gasteiger partial charge in [0.2, 0.25) is 5.71 Å². The first-order chi connectivity index (χ1) is 15.3. The summed E-state index contributed by atoms with van der Waals surface area (Å²) < 4.78 is 24.8. The van der Waals surface area contributed by atoms with Gasteiger partial charge < -0.3 is 9.15 Å². The number of ether oxygens (including phenoxy) is 1. The Morgan fingerprint density at radius 1 is 0.839 bits per heavy atom. The summed E-state index contributed by atoms with van der Waals surface area (Å²) in [7, 11) is 0. The Hall–Kier alpha value is -3.91. The van der Waals surface area contributed by atoms with Crippen molar-refractivity contribution in [3.8, 4) is 34.0 Å². The number of rotatable bonds is 4. The van der Waals surface area contributed by atoms with Gasteiger partial charge >= 0.3 is 0 Å². The van der Waals surface area contributed by atoms with Crippen LogP contribution in [0.4, 0.5) is 4.39 Å². The van der Waals surface area contributed by atoms with E-state index in [0.29, 0.717) is 41.8 Å². The van der Waals surface area contributed by atoms with Gasteiger partial charge in [0, 0.05) is 11.1 Å². The second-order valence-corrected chi connectivity index (χ2v) is 7.33. The highest BCUT2D eigenvalue weighted by Gasteiger charge is 2.27. The van der Waals surface area contributed by atoms with Crippen molar-refractivity contribution in [2.45, 2.75) is 6.04 Å². The highest BCUT2D eigenvalue weighted by molar-refractivity contribution is 5.94. The second-order valence-electron chi connectivity index (χ2n) is 7.33. The molecule has 6 rings (SSSR count). The van der Waals surface area contributed by atoms with Gasteiger partial charge in [-0.05, 0) is 30.3 Å². The van der Waals surface area contributed by atoms with Gasteiger partial charge in [-0.1, -0.05) is 30.3 Å². The van der Waals surface area contributed by atoms with Crippen LogP contribution in [0.5, 0.6) is 0 Å². The van der Waals surface area contributed by atoms with Crippen LogP contribution in [-0.2, 0) is 4.74 Å². The molecule has 1 fully saturated rings. The zero-order chi connectivity index (χ0) is 20.8. The Bertz CT molecular complexity index is 1370. The van der Waals surface area contributed by atoms with Crippen molar-refractivity contribution in [2.24, 2.45) is 0 Å². The maximum atomic E-state index is 13.5. The number of nitrogens with zero attached hydrogens (tertiary/aromatic N) is 5. The number of hydrogen-bond donors (Lipinski definition) is 0. The minimum absolute atomic E-state index is 0.0644. The number of halogens is 1. The molecule has 2 aromatic carbocycles. The van der Waals surface area contributed by atoms with Gasteiger partial charge in [0.15, 0.2) is 0 Å². The summed E-state index contributed by atoms with van der Waals surface area (Å²) in [5.74, 6) is 0.386. The molecule has 0 bridgehead atoms. The molecule has 0 unspecified atom stereocenters. The SMILES string of the molecule is Fc1ccc(-c2nn(C3COC3)nc2-c2ncnc3oc(-c4ccccc4)cc23)cc1. The predicted molar refractivity (Wildman–Crippen MR) is 112 cm³/mol. The number of hydrogen-bond acceptors (Lipinski definition) is 6. The standard InChI is InChI=1S/C23H16FN5O2/c24-16-8-6-15(7-9-16)20-22(28-29(27-20)17-11-30-12-17)21-18-10-19(14-4-2-1-3-5-14)31-23(18)26-13-25-21/h1-10,13,17H,11-12H2. The molecule has 31 heavy (non-hydrogen) atoms. The minimum atomic E-state index is -0.308. The summed E-state index contributed by atoms with van der Waals surface area (Å²) >= 11 is 0. The zero-order valence-corrected chi connectivity index (χ0v) is 16.3. The molecule has 1 aliphatic rings. The third-order valence-electron chi connectivity index (χ3n) is 5.31. The molecule has 5 aromatic rings. The first kappa shape index (κ1) is 17.9. The molecule has 8 heteroatoms. The normalized spacial score (nSPS) is 14.1. The molecule has 1 aliphatic heterocycles. The third-order valence-corrected chi connectivity index (χ3v) is 5.31. The first-order valence-electron chi connectivity index (χ1n) is 9.87. The van der Waals surface area contributed by atoms with Gasteiger partial charge in [0.25, 0.3) is 0 Å². The molecular formula is C23H16FN5O2. The molecular weight excluding hydrogens is 397 g/mol. The number of benzene rings is 2. The lowest BCUT2D eigenvalue weighted by atomic mass is 10.1. The van der Waals surface area contributed by atoms with Gasteiger partial charge in [-0.2, -0.15) is 15.0 Å². The predicted octanol–water partition coefficient (Wildman–Crippen LogP) is 4.53. The zero-order valence-electron chi connectivity index (χ0n) is 16.3. The fourth-order valence-corrected chi connectivity index (χ4v) is 3.59. The van der Waals surface area contributed by atoms with Crippen LogP contribution in [0.3, 0.4) is 0 Å². The van der Waals surface area contributed by atoms with Crippen molar-refractivity contribution in [3.63, 3.8) is 0 Å². The van der Waals surface area contributed by atoms with Crippen LogP contribution in [-0.4, -0.2) is 38.2 Å². The number of fused-ring (bicyclic) bond motifs is 1. The van der Waals surface area contributed by atoms with Crippen LogP contribution in [0.1, 0.15) is 6.04 Å². The van der Waals surface area contributed by atoms with Crippen molar-refractivity contribution >= 4 is 11.1 Å². The van der Waals surface area contributed by atoms with Gasteiger partial charge in [-0.25, -0.2) is 14.4 Å². The molecule has 0 amide bonds. The molecule has 4 heterocycles. The minimum Gasteiger partial charge on any atom is -0.438 e. The molecule has 1 saturated heterocycles. The highest BCUT2D eigenvalue weighted by Crippen LogP contribution is 2.36.